The van der Waals surface area contributed by atoms with Crippen molar-refractivity contribution >= 4 is 46.0 Å². The second kappa shape index (κ2) is 9.23. The monoisotopic (exact) mass is 472 g/mol. The third kappa shape index (κ3) is 4.12. The average molecular weight is 473 g/mol. The Hall–Kier alpha value is -3.78. The highest BCUT2D eigenvalue weighted by molar-refractivity contribution is 8.15. The van der Waals surface area contributed by atoms with Gasteiger partial charge in [-0.25, -0.2) is 19.3 Å². The number of carbonyl (C=O) groups is 2. The van der Waals surface area contributed by atoms with Gasteiger partial charge in [-0.1, -0.05) is 61.2 Å². The molecule has 0 unspecified atom stereocenters. The fourth-order valence-corrected chi connectivity index (χ4v) is 4.91. The number of anilines is 1. The van der Waals surface area contributed by atoms with Crippen molar-refractivity contribution in [2.45, 2.75) is 24.6 Å². The maximum absolute atomic E-state index is 13.5. The summed E-state index contributed by atoms with van der Waals surface area (Å²) in [4.78, 5) is 37.5. The van der Waals surface area contributed by atoms with E-state index in [1.54, 1.807) is 0 Å². The number of nitrogens with one attached hydrogen (secondary N) is 1. The van der Waals surface area contributed by atoms with Crippen LogP contribution in [0.2, 0.25) is 0 Å². The fourth-order valence-electron chi connectivity index (χ4n) is 3.89. The van der Waals surface area contributed by atoms with Crippen molar-refractivity contribution in [2.75, 3.05) is 5.32 Å². The molecule has 2 aliphatic heterocycles. The smallest absolute Gasteiger partial charge is 0.263 e. The lowest BCUT2D eigenvalue weighted by Crippen LogP contribution is -2.41. The third-order valence-corrected chi connectivity index (χ3v) is 6.92. The summed E-state index contributed by atoms with van der Waals surface area (Å²) in [6, 6.07) is 21.9. The van der Waals surface area contributed by atoms with E-state index < -0.39 is 11.3 Å². The van der Waals surface area contributed by atoms with Crippen molar-refractivity contribution in [3.05, 3.63) is 95.8 Å². The highest BCUT2D eigenvalue weighted by Gasteiger charge is 2.43. The zero-order valence-electron chi connectivity index (χ0n) is 18.3. The molecule has 6 nitrogen and oxygen atoms in total. The summed E-state index contributed by atoms with van der Waals surface area (Å²) in [5, 5.41) is 2.72. The SMILES string of the molecule is CC[C@H](SC1=Nc2ccccc2C2=N[C@@H](c3ccccc3)C(=O)N12)C(=O)Nc1ccc(F)cc1. The molecule has 0 saturated heterocycles. The number of nitrogens with zero attached hydrogens (tertiary/aromatic N) is 3. The summed E-state index contributed by atoms with van der Waals surface area (Å²) in [5.74, 6) is -0.274. The fraction of sp³-hybridized carbons (Fsp3) is 0.154. The maximum atomic E-state index is 13.5. The van der Waals surface area contributed by atoms with Crippen molar-refractivity contribution in [1.29, 1.82) is 0 Å². The number of rotatable bonds is 5. The Labute approximate surface area is 200 Å². The van der Waals surface area contributed by atoms with Crippen LogP contribution in [-0.4, -0.2) is 33.0 Å². The lowest BCUT2D eigenvalue weighted by molar-refractivity contribution is -0.124. The van der Waals surface area contributed by atoms with Crippen LogP contribution < -0.4 is 5.32 Å². The van der Waals surface area contributed by atoms with Gasteiger partial charge in [0.25, 0.3) is 5.91 Å². The number of fused-ring (bicyclic) bond motifs is 3. The molecule has 0 saturated carbocycles. The Morgan fingerprint density at radius 3 is 2.50 bits per heavy atom. The number of carbonyl (C=O) groups excluding carboxylic acids is 2. The second-order valence-electron chi connectivity index (χ2n) is 7.86. The predicted molar refractivity (Wildman–Crippen MR) is 133 cm³/mol. The van der Waals surface area contributed by atoms with Crippen LogP contribution in [0.5, 0.6) is 0 Å². The summed E-state index contributed by atoms with van der Waals surface area (Å²) < 4.78 is 13.2. The lowest BCUT2D eigenvalue weighted by Gasteiger charge is -2.27. The Morgan fingerprint density at radius 2 is 1.76 bits per heavy atom. The zero-order chi connectivity index (χ0) is 23.7. The highest BCUT2D eigenvalue weighted by Crippen LogP contribution is 2.38. The van der Waals surface area contributed by atoms with Crippen molar-refractivity contribution in [2.24, 2.45) is 9.98 Å². The van der Waals surface area contributed by atoms with E-state index in [9.17, 15) is 14.0 Å². The molecule has 0 spiro atoms. The zero-order valence-corrected chi connectivity index (χ0v) is 19.1. The highest BCUT2D eigenvalue weighted by atomic mass is 32.2. The van der Waals surface area contributed by atoms with E-state index in [-0.39, 0.29) is 17.6 Å². The van der Waals surface area contributed by atoms with Gasteiger partial charge in [0.1, 0.15) is 11.7 Å². The van der Waals surface area contributed by atoms with Crippen LogP contribution in [0.15, 0.2) is 88.8 Å². The van der Waals surface area contributed by atoms with Crippen molar-refractivity contribution < 1.29 is 14.0 Å². The molecule has 8 heteroatoms. The number of thioether (sulfide) groups is 1. The van der Waals surface area contributed by atoms with Gasteiger partial charge in [0, 0.05) is 11.3 Å². The van der Waals surface area contributed by atoms with Crippen molar-refractivity contribution in [1.82, 2.24) is 4.90 Å². The molecule has 2 amide bonds. The normalized spacial score (nSPS) is 17.4. The molecule has 1 N–H and O–H groups in total. The van der Waals surface area contributed by atoms with E-state index in [0.29, 0.717) is 28.8 Å². The van der Waals surface area contributed by atoms with Gasteiger partial charge in [0.2, 0.25) is 5.91 Å². The molecule has 34 heavy (non-hydrogen) atoms. The predicted octanol–water partition coefficient (Wildman–Crippen LogP) is 5.31. The largest absolute Gasteiger partial charge is 0.325 e. The summed E-state index contributed by atoms with van der Waals surface area (Å²) >= 11 is 1.23. The van der Waals surface area contributed by atoms with Gasteiger partial charge in [0.05, 0.1) is 10.9 Å². The first-order valence-electron chi connectivity index (χ1n) is 10.9. The molecule has 0 aliphatic carbocycles. The molecule has 0 radical (unpaired) electrons. The Bertz CT molecular complexity index is 1310. The molecule has 3 aromatic rings. The Balaban J connectivity index is 1.45. The number of benzene rings is 3. The van der Waals surface area contributed by atoms with E-state index in [2.05, 4.69) is 5.32 Å². The van der Waals surface area contributed by atoms with Gasteiger partial charge in [-0.2, -0.15) is 0 Å². The molecule has 2 atom stereocenters. The van der Waals surface area contributed by atoms with Gasteiger partial charge in [-0.15, -0.1) is 0 Å². The van der Waals surface area contributed by atoms with E-state index in [4.69, 9.17) is 9.98 Å². The number of hydrogen-bond donors (Lipinski definition) is 1. The summed E-state index contributed by atoms with van der Waals surface area (Å²) in [7, 11) is 0. The molecule has 0 fully saturated rings. The summed E-state index contributed by atoms with van der Waals surface area (Å²) in [6.45, 7) is 1.90. The molecular formula is C26H21FN4O2S. The molecule has 2 heterocycles. The number of hydrogen-bond acceptors (Lipinski definition) is 5. The molecule has 5 rings (SSSR count). The maximum Gasteiger partial charge on any atom is 0.263 e. The van der Waals surface area contributed by atoms with Crippen LogP contribution in [0.25, 0.3) is 0 Å². The molecular weight excluding hydrogens is 451 g/mol. The molecule has 0 bridgehead atoms. The van der Waals surface area contributed by atoms with E-state index >= 15 is 0 Å². The third-order valence-electron chi connectivity index (χ3n) is 5.61. The summed E-state index contributed by atoms with van der Waals surface area (Å²) in [5.41, 5.74) is 2.79. The van der Waals surface area contributed by atoms with Crippen LogP contribution >= 0.6 is 11.8 Å². The molecule has 170 valence electrons. The second-order valence-corrected chi connectivity index (χ2v) is 9.03. The first-order chi connectivity index (χ1) is 16.5. The van der Waals surface area contributed by atoms with Gasteiger partial charge in [-0.05, 0) is 48.4 Å². The van der Waals surface area contributed by atoms with Crippen molar-refractivity contribution in [3.63, 3.8) is 0 Å². The Kier molecular flexibility index (Phi) is 5.98. The Morgan fingerprint density at radius 1 is 1.06 bits per heavy atom. The van der Waals surface area contributed by atoms with Gasteiger partial charge in [-0.3, -0.25) is 9.59 Å². The molecule has 3 aromatic carbocycles. The lowest BCUT2D eigenvalue weighted by atomic mass is 10.1. The van der Waals surface area contributed by atoms with Crippen LogP contribution in [0, 0.1) is 5.82 Å². The van der Waals surface area contributed by atoms with E-state index in [1.165, 1.54) is 40.9 Å². The van der Waals surface area contributed by atoms with Gasteiger partial charge >= 0.3 is 0 Å². The number of amidine groups is 2. The molecule has 0 aromatic heterocycles. The minimum atomic E-state index is -0.665. The van der Waals surface area contributed by atoms with Crippen LogP contribution in [0.3, 0.4) is 0 Å². The van der Waals surface area contributed by atoms with Crippen LogP contribution in [-0.2, 0) is 9.59 Å². The van der Waals surface area contributed by atoms with Crippen LogP contribution in [0.4, 0.5) is 15.8 Å². The minimum absolute atomic E-state index is 0.198. The summed E-state index contributed by atoms with van der Waals surface area (Å²) in [6.07, 6.45) is 0.509. The first-order valence-corrected chi connectivity index (χ1v) is 11.8. The van der Waals surface area contributed by atoms with Crippen LogP contribution in [0.1, 0.15) is 30.5 Å². The van der Waals surface area contributed by atoms with Gasteiger partial charge < -0.3 is 5.32 Å². The topological polar surface area (TPSA) is 74.1 Å². The number of halogens is 1. The number of para-hydroxylation sites is 1. The molecule has 2 aliphatic rings. The average Bonchev–Trinajstić information content (AvgIpc) is 3.22. The van der Waals surface area contributed by atoms with Crippen molar-refractivity contribution in [3.8, 4) is 0 Å². The van der Waals surface area contributed by atoms with Gasteiger partial charge in [0.15, 0.2) is 11.2 Å². The first kappa shape index (κ1) is 22.0. The number of aliphatic imine (C=N–C) groups is 2. The van der Waals surface area contributed by atoms with E-state index in [0.717, 1.165) is 11.1 Å². The quantitative estimate of drug-likeness (QED) is 0.547. The van der Waals surface area contributed by atoms with E-state index in [1.807, 2.05) is 61.5 Å². The minimum Gasteiger partial charge on any atom is -0.325 e. The number of amides is 2. The standard InChI is InChI=1S/C26H21FN4O2S/c1-2-21(24(32)28-18-14-12-17(27)13-15-18)34-26-29-20-11-7-6-10-19(20)23-30-22(25(33)31(23)26)16-8-4-3-5-9-16/h3-15,21-22H,2H2,1H3,(H,28,32)/t21-,22-/m0/s1.